The largest absolute Gasteiger partial charge is 0.460 e. The van der Waals surface area contributed by atoms with Gasteiger partial charge in [-0.15, -0.1) is 0 Å². The molecular formula is C15H18FNO3. The summed E-state index contributed by atoms with van der Waals surface area (Å²) in [5.74, 6) is -2.23. The number of halogens is 1. The van der Waals surface area contributed by atoms with Crippen molar-refractivity contribution in [2.24, 2.45) is 0 Å². The van der Waals surface area contributed by atoms with Crippen LogP contribution < -0.4 is 4.90 Å². The smallest absolute Gasteiger partial charge is 0.379 e. The third kappa shape index (κ3) is 3.15. The van der Waals surface area contributed by atoms with Gasteiger partial charge >= 0.3 is 5.97 Å². The second-order valence-corrected chi connectivity index (χ2v) is 4.76. The SMILES string of the molecule is CCOC(=O)C(=O)c1ccc(N2CCCCC2)c(F)c1. The molecular weight excluding hydrogens is 261 g/mol. The summed E-state index contributed by atoms with van der Waals surface area (Å²) in [5, 5.41) is 0. The molecule has 1 saturated heterocycles. The number of Topliss-reactive ketones (excluding diaryl/α,β-unsaturated/α-hetero) is 1. The van der Waals surface area contributed by atoms with Gasteiger partial charge in [-0.2, -0.15) is 0 Å². The lowest BCUT2D eigenvalue weighted by Gasteiger charge is -2.29. The number of hydrogen-bond acceptors (Lipinski definition) is 4. The van der Waals surface area contributed by atoms with Crippen LogP contribution in [0.2, 0.25) is 0 Å². The van der Waals surface area contributed by atoms with Crippen molar-refractivity contribution < 1.29 is 18.7 Å². The molecule has 20 heavy (non-hydrogen) atoms. The van der Waals surface area contributed by atoms with Gasteiger partial charge in [0.1, 0.15) is 5.82 Å². The van der Waals surface area contributed by atoms with Crippen molar-refractivity contribution in [1.29, 1.82) is 0 Å². The highest BCUT2D eigenvalue weighted by Gasteiger charge is 2.21. The van der Waals surface area contributed by atoms with Crippen LogP contribution in [0.4, 0.5) is 10.1 Å². The third-order valence-electron chi connectivity index (χ3n) is 3.37. The fraction of sp³-hybridized carbons (Fsp3) is 0.467. The molecule has 0 atom stereocenters. The van der Waals surface area contributed by atoms with Gasteiger partial charge in [0.25, 0.3) is 5.78 Å². The van der Waals surface area contributed by atoms with Crippen molar-refractivity contribution in [1.82, 2.24) is 0 Å². The quantitative estimate of drug-likeness (QED) is 0.483. The van der Waals surface area contributed by atoms with Gasteiger partial charge in [-0.3, -0.25) is 4.79 Å². The Bertz CT molecular complexity index is 510. The summed E-state index contributed by atoms with van der Waals surface area (Å²) in [5.41, 5.74) is 0.520. The van der Waals surface area contributed by atoms with Crippen LogP contribution in [-0.4, -0.2) is 31.4 Å². The minimum Gasteiger partial charge on any atom is -0.460 e. The number of piperidine rings is 1. The van der Waals surface area contributed by atoms with E-state index in [0.717, 1.165) is 38.4 Å². The van der Waals surface area contributed by atoms with Gasteiger partial charge in [0, 0.05) is 18.7 Å². The lowest BCUT2D eigenvalue weighted by Crippen LogP contribution is -2.30. The zero-order valence-electron chi connectivity index (χ0n) is 11.5. The van der Waals surface area contributed by atoms with E-state index in [2.05, 4.69) is 4.74 Å². The lowest BCUT2D eigenvalue weighted by atomic mass is 10.1. The minimum absolute atomic E-state index is 0.0294. The molecule has 1 aliphatic rings. The predicted octanol–water partition coefficient (Wildman–Crippen LogP) is 2.56. The van der Waals surface area contributed by atoms with Gasteiger partial charge < -0.3 is 9.64 Å². The first-order chi connectivity index (χ1) is 9.63. The number of carbonyl (C=O) groups excluding carboxylic acids is 2. The third-order valence-corrected chi connectivity index (χ3v) is 3.37. The molecule has 5 heteroatoms. The molecule has 1 fully saturated rings. The number of benzene rings is 1. The zero-order valence-corrected chi connectivity index (χ0v) is 11.5. The fourth-order valence-corrected chi connectivity index (χ4v) is 2.35. The molecule has 0 radical (unpaired) electrons. The van der Waals surface area contributed by atoms with Crippen LogP contribution in [0, 0.1) is 5.82 Å². The van der Waals surface area contributed by atoms with Gasteiger partial charge in [0.2, 0.25) is 0 Å². The van der Waals surface area contributed by atoms with E-state index in [-0.39, 0.29) is 12.2 Å². The number of hydrogen-bond donors (Lipinski definition) is 0. The van der Waals surface area contributed by atoms with Gasteiger partial charge in [-0.25, -0.2) is 9.18 Å². The van der Waals surface area contributed by atoms with Crippen LogP contribution in [-0.2, 0) is 9.53 Å². The summed E-state index contributed by atoms with van der Waals surface area (Å²) < 4.78 is 18.7. The number of ether oxygens (including phenoxy) is 1. The number of esters is 1. The van der Waals surface area contributed by atoms with Crippen LogP contribution in [0.25, 0.3) is 0 Å². The van der Waals surface area contributed by atoms with E-state index in [1.807, 2.05) is 4.90 Å². The van der Waals surface area contributed by atoms with Crippen molar-refractivity contribution in [3.05, 3.63) is 29.6 Å². The van der Waals surface area contributed by atoms with Crippen LogP contribution in [0.1, 0.15) is 36.5 Å². The van der Waals surface area contributed by atoms with E-state index in [1.54, 1.807) is 13.0 Å². The number of anilines is 1. The Morgan fingerprint density at radius 3 is 2.55 bits per heavy atom. The van der Waals surface area contributed by atoms with Gasteiger partial charge in [0.15, 0.2) is 0 Å². The Labute approximate surface area is 117 Å². The van der Waals surface area contributed by atoms with Crippen molar-refractivity contribution in [2.75, 3.05) is 24.6 Å². The number of ketones is 1. The summed E-state index contributed by atoms with van der Waals surface area (Å²) in [6.07, 6.45) is 3.25. The molecule has 0 aromatic heterocycles. The molecule has 0 aliphatic carbocycles. The van der Waals surface area contributed by atoms with E-state index >= 15 is 0 Å². The summed E-state index contributed by atoms with van der Waals surface area (Å²) in [6.45, 7) is 3.38. The molecule has 1 aliphatic heterocycles. The van der Waals surface area contributed by atoms with Crippen LogP contribution >= 0.6 is 0 Å². The van der Waals surface area contributed by atoms with E-state index in [0.29, 0.717) is 5.69 Å². The average Bonchev–Trinajstić information content (AvgIpc) is 2.47. The standard InChI is InChI=1S/C15H18FNO3/c1-2-20-15(19)14(18)11-6-7-13(12(16)10-11)17-8-4-3-5-9-17/h6-7,10H,2-5,8-9H2,1H3. The van der Waals surface area contributed by atoms with Gasteiger partial charge in [-0.1, -0.05) is 0 Å². The van der Waals surface area contributed by atoms with Gasteiger partial charge in [-0.05, 0) is 44.4 Å². The van der Waals surface area contributed by atoms with E-state index in [1.165, 1.54) is 6.07 Å². The summed E-state index contributed by atoms with van der Waals surface area (Å²) in [7, 11) is 0. The van der Waals surface area contributed by atoms with Crippen molar-refractivity contribution >= 4 is 17.4 Å². The maximum Gasteiger partial charge on any atom is 0.379 e. The Balaban J connectivity index is 2.16. The zero-order chi connectivity index (χ0) is 14.5. The van der Waals surface area contributed by atoms with E-state index < -0.39 is 17.6 Å². The fourth-order valence-electron chi connectivity index (χ4n) is 2.35. The molecule has 4 nitrogen and oxygen atoms in total. The maximum absolute atomic E-state index is 14.1. The normalized spacial score (nSPS) is 15.0. The molecule has 0 spiro atoms. The Morgan fingerprint density at radius 2 is 1.95 bits per heavy atom. The molecule has 0 saturated carbocycles. The minimum atomic E-state index is -0.947. The molecule has 0 bridgehead atoms. The lowest BCUT2D eigenvalue weighted by molar-refractivity contribution is -0.137. The van der Waals surface area contributed by atoms with Crippen molar-refractivity contribution in [2.45, 2.75) is 26.2 Å². The summed E-state index contributed by atoms with van der Waals surface area (Å²) in [6, 6.07) is 4.16. The Kier molecular flexibility index (Phi) is 4.71. The second kappa shape index (κ2) is 6.50. The van der Waals surface area contributed by atoms with E-state index in [4.69, 9.17) is 0 Å². The first-order valence-corrected chi connectivity index (χ1v) is 6.89. The molecule has 1 aromatic carbocycles. The Morgan fingerprint density at radius 1 is 1.25 bits per heavy atom. The molecule has 1 aromatic rings. The predicted molar refractivity (Wildman–Crippen MR) is 73.4 cm³/mol. The monoisotopic (exact) mass is 279 g/mol. The molecule has 108 valence electrons. The van der Waals surface area contributed by atoms with Crippen LogP contribution in [0.5, 0.6) is 0 Å². The molecule has 0 unspecified atom stereocenters. The second-order valence-electron chi connectivity index (χ2n) is 4.76. The topological polar surface area (TPSA) is 46.6 Å². The highest BCUT2D eigenvalue weighted by atomic mass is 19.1. The molecule has 2 rings (SSSR count). The summed E-state index contributed by atoms with van der Waals surface area (Å²) in [4.78, 5) is 25.0. The number of rotatable bonds is 4. The number of nitrogens with zero attached hydrogens (tertiary/aromatic N) is 1. The highest BCUT2D eigenvalue weighted by Crippen LogP contribution is 2.24. The number of carbonyl (C=O) groups is 2. The summed E-state index contributed by atoms with van der Waals surface area (Å²) >= 11 is 0. The van der Waals surface area contributed by atoms with E-state index in [9.17, 15) is 14.0 Å². The molecule has 1 heterocycles. The Hall–Kier alpha value is -1.91. The van der Waals surface area contributed by atoms with Crippen molar-refractivity contribution in [3.63, 3.8) is 0 Å². The van der Waals surface area contributed by atoms with Crippen LogP contribution in [0.15, 0.2) is 18.2 Å². The first kappa shape index (κ1) is 14.5. The highest BCUT2D eigenvalue weighted by molar-refractivity contribution is 6.40. The first-order valence-electron chi connectivity index (χ1n) is 6.89. The van der Waals surface area contributed by atoms with Crippen LogP contribution in [0.3, 0.4) is 0 Å². The maximum atomic E-state index is 14.1. The van der Waals surface area contributed by atoms with Gasteiger partial charge in [0.05, 0.1) is 12.3 Å². The van der Waals surface area contributed by atoms with Crippen molar-refractivity contribution in [3.8, 4) is 0 Å². The molecule has 0 amide bonds. The average molecular weight is 279 g/mol. The molecule has 0 N–H and O–H groups in total.